The number of carbonyl (C=O) groups excluding carboxylic acids is 1. The number of nitrogens with one attached hydrogen (secondary N) is 1. The number of rotatable bonds is 5. The van der Waals surface area contributed by atoms with E-state index in [-0.39, 0.29) is 11.9 Å². The molecule has 0 aliphatic heterocycles. The highest BCUT2D eigenvalue weighted by Crippen LogP contribution is 2.31. The van der Waals surface area contributed by atoms with Gasteiger partial charge in [-0.1, -0.05) is 57.9 Å². The lowest BCUT2D eigenvalue weighted by molar-refractivity contribution is 0.102. The van der Waals surface area contributed by atoms with E-state index in [4.69, 9.17) is 11.6 Å². The zero-order valence-electron chi connectivity index (χ0n) is 14.3. The summed E-state index contributed by atoms with van der Waals surface area (Å²) in [5, 5.41) is 8.28. The summed E-state index contributed by atoms with van der Waals surface area (Å²) in [6.07, 6.45) is 3.11. The summed E-state index contributed by atoms with van der Waals surface area (Å²) in [7, 11) is 0. The lowest BCUT2D eigenvalue weighted by Gasteiger charge is -2.01. The van der Waals surface area contributed by atoms with E-state index in [2.05, 4.69) is 36.3 Å². The number of thiazole rings is 1. The molecule has 140 valence electrons. The van der Waals surface area contributed by atoms with E-state index in [1.165, 1.54) is 17.5 Å². The summed E-state index contributed by atoms with van der Waals surface area (Å²) >= 11 is 10.9. The molecule has 0 fully saturated rings. The lowest BCUT2D eigenvalue weighted by atomic mass is 10.2. The average molecular weight is 475 g/mol. The normalized spacial score (nSPS) is 10.8. The van der Waals surface area contributed by atoms with Gasteiger partial charge in [0.15, 0.2) is 0 Å². The molecule has 0 radical (unpaired) electrons. The Hall–Kier alpha value is -2.55. The number of aromatic nitrogens is 4. The van der Waals surface area contributed by atoms with Crippen LogP contribution >= 0.6 is 38.9 Å². The molecule has 0 saturated heterocycles. The maximum atomic E-state index is 12.5. The van der Waals surface area contributed by atoms with Crippen molar-refractivity contribution in [3.63, 3.8) is 0 Å². The largest absolute Gasteiger partial charge is 0.288 e. The second-order valence-corrected chi connectivity index (χ2v) is 8.21. The molecule has 0 bridgehead atoms. The first kappa shape index (κ1) is 18.8. The Labute approximate surface area is 178 Å². The van der Waals surface area contributed by atoms with Gasteiger partial charge >= 0.3 is 0 Å². The molecule has 0 spiro atoms. The van der Waals surface area contributed by atoms with E-state index in [0.717, 1.165) is 15.6 Å². The summed E-state index contributed by atoms with van der Waals surface area (Å²) in [4.78, 5) is 21.4. The van der Waals surface area contributed by atoms with Crippen LogP contribution in [0.3, 0.4) is 0 Å². The van der Waals surface area contributed by atoms with Crippen LogP contribution in [0.25, 0.3) is 10.6 Å². The first-order valence-electron chi connectivity index (χ1n) is 8.24. The third-order valence-electron chi connectivity index (χ3n) is 3.85. The molecule has 0 aliphatic rings. The third kappa shape index (κ3) is 4.30. The highest BCUT2D eigenvalue weighted by Gasteiger charge is 2.15. The highest BCUT2D eigenvalue weighted by atomic mass is 79.9. The van der Waals surface area contributed by atoms with Crippen LogP contribution < -0.4 is 5.32 Å². The van der Waals surface area contributed by atoms with Crippen molar-refractivity contribution in [1.82, 2.24) is 19.7 Å². The molecule has 2 aromatic carbocycles. The van der Waals surface area contributed by atoms with Gasteiger partial charge in [-0.05, 0) is 23.8 Å². The molecule has 0 unspecified atom stereocenters. The Morgan fingerprint density at radius 3 is 2.71 bits per heavy atom. The lowest BCUT2D eigenvalue weighted by Crippen LogP contribution is -2.12. The van der Waals surface area contributed by atoms with Crippen molar-refractivity contribution in [3.05, 3.63) is 81.0 Å². The van der Waals surface area contributed by atoms with Crippen molar-refractivity contribution >= 4 is 50.7 Å². The van der Waals surface area contributed by atoms with Gasteiger partial charge in [-0.15, -0.1) is 16.4 Å². The summed E-state index contributed by atoms with van der Waals surface area (Å²) in [6.45, 7) is 0.563. The van der Waals surface area contributed by atoms with E-state index < -0.39 is 0 Å². The van der Waals surface area contributed by atoms with Crippen LogP contribution in [0.15, 0.2) is 65.5 Å². The van der Waals surface area contributed by atoms with Gasteiger partial charge < -0.3 is 0 Å². The van der Waals surface area contributed by atoms with Gasteiger partial charge in [0.25, 0.3) is 5.91 Å². The maximum Gasteiger partial charge on any atom is 0.269 e. The third-order valence-corrected chi connectivity index (χ3v) is 5.74. The maximum absolute atomic E-state index is 12.5. The standard InChI is InChI=1S/C19H13BrClN5OS/c20-13-7-5-12(6-8-13)10-26-11-23-19(25-26)24-17(27)16-9-22-18(28-16)14-3-1-2-4-15(14)21/h1-9,11H,10H2,(H,24,25,27). The van der Waals surface area contributed by atoms with Gasteiger partial charge in [-0.25, -0.2) is 14.6 Å². The SMILES string of the molecule is O=C(Nc1ncn(Cc2ccc(Br)cc2)n1)c1cnc(-c2ccccc2Cl)s1. The Bertz CT molecular complexity index is 1130. The van der Waals surface area contributed by atoms with Crippen molar-refractivity contribution in [1.29, 1.82) is 0 Å². The van der Waals surface area contributed by atoms with E-state index in [1.54, 1.807) is 17.1 Å². The second-order valence-electron chi connectivity index (χ2n) is 5.86. The minimum atomic E-state index is -0.308. The Balaban J connectivity index is 1.44. The number of halogens is 2. The topological polar surface area (TPSA) is 72.7 Å². The average Bonchev–Trinajstić information content (AvgIpc) is 3.34. The van der Waals surface area contributed by atoms with Gasteiger partial charge in [0, 0.05) is 10.0 Å². The van der Waals surface area contributed by atoms with Gasteiger partial charge in [0.1, 0.15) is 16.2 Å². The molecule has 2 aromatic heterocycles. The summed E-state index contributed by atoms with van der Waals surface area (Å²) < 4.78 is 2.68. The Morgan fingerprint density at radius 1 is 1.14 bits per heavy atom. The van der Waals surface area contributed by atoms with Crippen molar-refractivity contribution in [2.75, 3.05) is 5.32 Å². The zero-order chi connectivity index (χ0) is 19.5. The molecule has 28 heavy (non-hydrogen) atoms. The monoisotopic (exact) mass is 473 g/mol. The number of anilines is 1. The minimum absolute atomic E-state index is 0.245. The molecule has 1 N–H and O–H groups in total. The summed E-state index contributed by atoms with van der Waals surface area (Å²) in [6, 6.07) is 15.3. The highest BCUT2D eigenvalue weighted by molar-refractivity contribution is 9.10. The van der Waals surface area contributed by atoms with Crippen LogP contribution in [0.5, 0.6) is 0 Å². The zero-order valence-corrected chi connectivity index (χ0v) is 17.5. The van der Waals surface area contributed by atoms with E-state index >= 15 is 0 Å². The molecule has 1 amide bonds. The number of hydrogen-bond donors (Lipinski definition) is 1. The second kappa shape index (κ2) is 8.22. The fourth-order valence-electron chi connectivity index (χ4n) is 2.51. The van der Waals surface area contributed by atoms with Crippen molar-refractivity contribution in [3.8, 4) is 10.6 Å². The van der Waals surface area contributed by atoms with Gasteiger partial charge in [0.05, 0.1) is 17.8 Å². The van der Waals surface area contributed by atoms with Gasteiger partial charge in [-0.2, -0.15) is 0 Å². The predicted octanol–water partition coefficient (Wildman–Crippen LogP) is 5.12. The van der Waals surface area contributed by atoms with E-state index in [1.807, 2.05) is 42.5 Å². The summed E-state index contributed by atoms with van der Waals surface area (Å²) in [5.41, 5.74) is 1.88. The van der Waals surface area contributed by atoms with Gasteiger partial charge in [0.2, 0.25) is 5.95 Å². The predicted molar refractivity (Wildman–Crippen MR) is 114 cm³/mol. The minimum Gasteiger partial charge on any atom is -0.288 e. The molecule has 6 nitrogen and oxygen atoms in total. The van der Waals surface area contributed by atoms with Crippen molar-refractivity contribution in [2.24, 2.45) is 0 Å². The fraction of sp³-hybridized carbons (Fsp3) is 0.0526. The first-order valence-corrected chi connectivity index (χ1v) is 10.2. The Kier molecular flexibility index (Phi) is 5.52. The molecule has 4 rings (SSSR count). The van der Waals surface area contributed by atoms with Crippen molar-refractivity contribution in [2.45, 2.75) is 6.54 Å². The number of nitrogens with zero attached hydrogens (tertiary/aromatic N) is 4. The van der Waals surface area contributed by atoms with Crippen LogP contribution in [0.4, 0.5) is 5.95 Å². The molecule has 0 atom stereocenters. The van der Waals surface area contributed by atoms with Crippen LogP contribution in [0.1, 0.15) is 15.2 Å². The number of benzene rings is 2. The number of amides is 1. The number of carbonyl (C=O) groups is 1. The van der Waals surface area contributed by atoms with Crippen molar-refractivity contribution < 1.29 is 4.79 Å². The van der Waals surface area contributed by atoms with Crippen LogP contribution in [0.2, 0.25) is 5.02 Å². The van der Waals surface area contributed by atoms with E-state index in [0.29, 0.717) is 21.5 Å². The summed E-state index contributed by atoms with van der Waals surface area (Å²) in [5.74, 6) is -0.0630. The van der Waals surface area contributed by atoms with Crippen LogP contribution in [-0.4, -0.2) is 25.7 Å². The smallest absolute Gasteiger partial charge is 0.269 e. The fourth-order valence-corrected chi connectivity index (χ4v) is 3.90. The molecule has 2 heterocycles. The molecule has 4 aromatic rings. The molecule has 0 saturated carbocycles. The molecule has 0 aliphatic carbocycles. The van der Waals surface area contributed by atoms with Gasteiger partial charge in [-0.3, -0.25) is 10.1 Å². The van der Waals surface area contributed by atoms with Crippen LogP contribution in [0, 0.1) is 0 Å². The Morgan fingerprint density at radius 2 is 1.93 bits per heavy atom. The van der Waals surface area contributed by atoms with Crippen LogP contribution in [-0.2, 0) is 6.54 Å². The van der Waals surface area contributed by atoms with E-state index in [9.17, 15) is 4.79 Å². The quantitative estimate of drug-likeness (QED) is 0.436. The first-order chi connectivity index (χ1) is 13.6. The molecule has 9 heteroatoms. The molecular formula is C19H13BrClN5OS. The molecular weight excluding hydrogens is 462 g/mol. The number of hydrogen-bond acceptors (Lipinski definition) is 5.